The summed E-state index contributed by atoms with van der Waals surface area (Å²) in [6.07, 6.45) is 1.63. The molecular weight excluding hydrogens is 366 g/mol. The molecule has 3 N–H and O–H groups in total. The van der Waals surface area contributed by atoms with E-state index in [4.69, 9.17) is 5.73 Å². The molecule has 2 aromatic rings. The zero-order chi connectivity index (χ0) is 20.0. The van der Waals surface area contributed by atoms with E-state index < -0.39 is 15.9 Å². The number of hydrogen-bond donors (Lipinski definition) is 2. The van der Waals surface area contributed by atoms with Gasteiger partial charge in [0.1, 0.15) is 0 Å². The third-order valence-electron chi connectivity index (χ3n) is 3.92. The number of rotatable bonds is 8. The molecule has 0 spiro atoms. The molecule has 2 amide bonds. The van der Waals surface area contributed by atoms with Crippen molar-refractivity contribution in [2.24, 2.45) is 5.73 Å². The second kappa shape index (κ2) is 8.68. The first-order valence-electron chi connectivity index (χ1n) is 8.41. The molecule has 0 radical (unpaired) electrons. The van der Waals surface area contributed by atoms with Gasteiger partial charge in [-0.25, -0.2) is 8.42 Å². The lowest BCUT2D eigenvalue weighted by atomic mass is 10.2. The van der Waals surface area contributed by atoms with Crippen LogP contribution in [0, 0.1) is 6.92 Å². The summed E-state index contributed by atoms with van der Waals surface area (Å²) in [5.41, 5.74) is 7.59. The molecule has 0 atom stereocenters. The molecule has 0 saturated carbocycles. The fraction of sp³-hybridized carbons (Fsp3) is 0.263. The Balaban J connectivity index is 1.96. The van der Waals surface area contributed by atoms with E-state index in [-0.39, 0.29) is 18.9 Å². The van der Waals surface area contributed by atoms with Crippen molar-refractivity contribution in [1.29, 1.82) is 0 Å². The third-order valence-corrected chi connectivity index (χ3v) is 5.11. The first kappa shape index (κ1) is 20.4. The van der Waals surface area contributed by atoms with Crippen LogP contribution in [-0.4, -0.2) is 33.0 Å². The van der Waals surface area contributed by atoms with Crippen molar-refractivity contribution in [3.8, 4) is 0 Å². The van der Waals surface area contributed by atoms with Crippen LogP contribution in [0.15, 0.2) is 48.5 Å². The van der Waals surface area contributed by atoms with Crippen molar-refractivity contribution in [2.45, 2.75) is 19.8 Å². The fourth-order valence-electron chi connectivity index (χ4n) is 2.55. The van der Waals surface area contributed by atoms with E-state index in [2.05, 4.69) is 5.32 Å². The van der Waals surface area contributed by atoms with Crippen molar-refractivity contribution in [3.05, 3.63) is 59.7 Å². The molecule has 144 valence electrons. The van der Waals surface area contributed by atoms with Gasteiger partial charge in [0.25, 0.3) is 0 Å². The molecule has 0 heterocycles. The van der Waals surface area contributed by atoms with Gasteiger partial charge in [-0.3, -0.25) is 13.9 Å². The SMILES string of the molecule is Cc1ccc(N(CCCC(=O)Nc2cccc(C(N)=O)c2)S(C)(=O)=O)cc1. The molecule has 7 nitrogen and oxygen atoms in total. The molecule has 2 rings (SSSR count). The molecule has 0 aliphatic heterocycles. The van der Waals surface area contributed by atoms with Crippen molar-refractivity contribution in [3.63, 3.8) is 0 Å². The standard InChI is InChI=1S/C19H23N3O4S/c1-14-8-10-17(11-9-14)22(27(2,25)26)12-4-7-18(23)21-16-6-3-5-15(13-16)19(20)24/h3,5-6,8-11,13H,4,7,12H2,1-2H3,(H2,20,24)(H,21,23). The number of sulfonamides is 1. The minimum Gasteiger partial charge on any atom is -0.366 e. The number of nitrogens with two attached hydrogens (primary N) is 1. The molecule has 0 unspecified atom stereocenters. The Labute approximate surface area is 159 Å². The van der Waals surface area contributed by atoms with Crippen LogP contribution in [0.1, 0.15) is 28.8 Å². The summed E-state index contributed by atoms with van der Waals surface area (Å²) in [6.45, 7) is 2.11. The first-order valence-corrected chi connectivity index (χ1v) is 10.3. The summed E-state index contributed by atoms with van der Waals surface area (Å²) >= 11 is 0. The van der Waals surface area contributed by atoms with Gasteiger partial charge in [-0.05, 0) is 43.7 Å². The third kappa shape index (κ3) is 6.10. The van der Waals surface area contributed by atoms with E-state index >= 15 is 0 Å². The average Bonchev–Trinajstić information content (AvgIpc) is 2.59. The Kier molecular flexibility index (Phi) is 6.57. The molecule has 0 aliphatic rings. The Morgan fingerprint density at radius 2 is 1.78 bits per heavy atom. The molecule has 2 aromatic carbocycles. The maximum atomic E-state index is 12.1. The molecule has 27 heavy (non-hydrogen) atoms. The van der Waals surface area contributed by atoms with Crippen LogP contribution >= 0.6 is 0 Å². The monoisotopic (exact) mass is 389 g/mol. The van der Waals surface area contributed by atoms with Crippen LogP contribution in [0.2, 0.25) is 0 Å². The van der Waals surface area contributed by atoms with E-state index in [1.807, 2.05) is 19.1 Å². The second-order valence-corrected chi connectivity index (χ2v) is 8.17. The molecule has 0 aromatic heterocycles. The smallest absolute Gasteiger partial charge is 0.248 e. The summed E-state index contributed by atoms with van der Waals surface area (Å²) in [6, 6.07) is 13.5. The average molecular weight is 389 g/mol. The predicted molar refractivity (Wildman–Crippen MR) is 106 cm³/mol. The number of carbonyl (C=O) groups excluding carboxylic acids is 2. The largest absolute Gasteiger partial charge is 0.366 e. The molecule has 0 aliphatic carbocycles. The van der Waals surface area contributed by atoms with Gasteiger partial charge < -0.3 is 11.1 Å². The Morgan fingerprint density at radius 3 is 2.37 bits per heavy atom. The summed E-state index contributed by atoms with van der Waals surface area (Å²) in [4.78, 5) is 23.3. The van der Waals surface area contributed by atoms with Crippen LogP contribution in [0.5, 0.6) is 0 Å². The normalized spacial score (nSPS) is 11.0. The van der Waals surface area contributed by atoms with Gasteiger partial charge in [0.15, 0.2) is 0 Å². The number of hydrogen-bond acceptors (Lipinski definition) is 4. The maximum absolute atomic E-state index is 12.1. The fourth-order valence-corrected chi connectivity index (χ4v) is 3.52. The highest BCUT2D eigenvalue weighted by atomic mass is 32.2. The van der Waals surface area contributed by atoms with Gasteiger partial charge in [-0.2, -0.15) is 0 Å². The number of primary amides is 1. The predicted octanol–water partition coefficient (Wildman–Crippen LogP) is 2.28. The van der Waals surface area contributed by atoms with E-state index in [0.29, 0.717) is 23.4 Å². The highest BCUT2D eigenvalue weighted by Gasteiger charge is 2.17. The van der Waals surface area contributed by atoms with Crippen LogP contribution in [0.4, 0.5) is 11.4 Å². The van der Waals surface area contributed by atoms with Crippen molar-refractivity contribution >= 4 is 33.2 Å². The number of aryl methyl sites for hydroxylation is 1. The maximum Gasteiger partial charge on any atom is 0.248 e. The highest BCUT2D eigenvalue weighted by Crippen LogP contribution is 2.19. The lowest BCUT2D eigenvalue weighted by molar-refractivity contribution is -0.116. The number of carbonyl (C=O) groups is 2. The van der Waals surface area contributed by atoms with Crippen molar-refractivity contribution < 1.29 is 18.0 Å². The van der Waals surface area contributed by atoms with E-state index in [0.717, 1.165) is 11.8 Å². The number of benzene rings is 2. The number of anilines is 2. The van der Waals surface area contributed by atoms with Gasteiger partial charge in [-0.1, -0.05) is 23.8 Å². The van der Waals surface area contributed by atoms with E-state index in [9.17, 15) is 18.0 Å². The van der Waals surface area contributed by atoms with Gasteiger partial charge in [0.2, 0.25) is 21.8 Å². The first-order chi connectivity index (χ1) is 12.7. The lowest BCUT2D eigenvalue weighted by Gasteiger charge is -2.22. The Morgan fingerprint density at radius 1 is 1.11 bits per heavy atom. The van der Waals surface area contributed by atoms with Crippen molar-refractivity contribution in [2.75, 3.05) is 22.4 Å². The molecule has 8 heteroatoms. The summed E-state index contributed by atoms with van der Waals surface area (Å²) in [7, 11) is -3.45. The number of amides is 2. The summed E-state index contributed by atoms with van der Waals surface area (Å²) in [5.74, 6) is -0.845. The van der Waals surface area contributed by atoms with Gasteiger partial charge in [-0.15, -0.1) is 0 Å². The summed E-state index contributed by atoms with van der Waals surface area (Å²) in [5, 5.41) is 2.68. The van der Waals surface area contributed by atoms with E-state index in [1.165, 1.54) is 10.4 Å². The van der Waals surface area contributed by atoms with Crippen LogP contribution in [-0.2, 0) is 14.8 Å². The zero-order valence-electron chi connectivity index (χ0n) is 15.3. The minimum absolute atomic E-state index is 0.138. The van der Waals surface area contributed by atoms with Crippen LogP contribution < -0.4 is 15.4 Å². The Hall–Kier alpha value is -2.87. The van der Waals surface area contributed by atoms with Crippen LogP contribution in [0.25, 0.3) is 0 Å². The van der Waals surface area contributed by atoms with Gasteiger partial charge in [0, 0.05) is 24.2 Å². The van der Waals surface area contributed by atoms with Crippen molar-refractivity contribution in [1.82, 2.24) is 0 Å². The number of nitrogens with zero attached hydrogens (tertiary/aromatic N) is 1. The quantitative estimate of drug-likeness (QED) is 0.722. The minimum atomic E-state index is -3.45. The molecular formula is C19H23N3O4S. The van der Waals surface area contributed by atoms with E-state index in [1.54, 1.807) is 30.3 Å². The Bertz CT molecular complexity index is 924. The lowest BCUT2D eigenvalue weighted by Crippen LogP contribution is -2.31. The van der Waals surface area contributed by atoms with Gasteiger partial charge in [0.05, 0.1) is 11.9 Å². The topological polar surface area (TPSA) is 110 Å². The summed E-state index contributed by atoms with van der Waals surface area (Å²) < 4.78 is 25.4. The molecule has 0 bridgehead atoms. The second-order valence-electron chi connectivity index (χ2n) is 6.27. The number of nitrogens with one attached hydrogen (secondary N) is 1. The molecule has 0 saturated heterocycles. The zero-order valence-corrected chi connectivity index (χ0v) is 16.1. The highest BCUT2D eigenvalue weighted by molar-refractivity contribution is 7.92. The van der Waals surface area contributed by atoms with Gasteiger partial charge >= 0.3 is 0 Å². The van der Waals surface area contributed by atoms with Crippen LogP contribution in [0.3, 0.4) is 0 Å². The molecule has 0 fully saturated rings.